The molecule has 1 aromatic carbocycles. The van der Waals surface area contributed by atoms with Crippen LogP contribution in [0.4, 0.5) is 4.39 Å². The minimum atomic E-state index is -0.316. The standard InChI is InChI=1S/C13H17FOS/c1-8-6-12(16-13(3,4)5)10(9(2)15)7-11(8)14/h6-7H,1-5H3. The van der Waals surface area contributed by atoms with Crippen molar-refractivity contribution in [1.82, 2.24) is 0 Å². The van der Waals surface area contributed by atoms with Crippen molar-refractivity contribution >= 4 is 17.5 Å². The molecule has 0 aromatic heterocycles. The van der Waals surface area contributed by atoms with Gasteiger partial charge in [-0.05, 0) is 31.5 Å². The van der Waals surface area contributed by atoms with Crippen LogP contribution < -0.4 is 0 Å². The second-order valence-electron chi connectivity index (χ2n) is 4.87. The number of ketones is 1. The fraction of sp³-hybridized carbons (Fsp3) is 0.462. The van der Waals surface area contributed by atoms with Crippen LogP contribution in [0.15, 0.2) is 17.0 Å². The Kier molecular flexibility index (Phi) is 3.79. The quantitative estimate of drug-likeness (QED) is 0.568. The van der Waals surface area contributed by atoms with Gasteiger partial charge in [0.2, 0.25) is 0 Å². The number of hydrogen-bond acceptors (Lipinski definition) is 2. The highest BCUT2D eigenvalue weighted by atomic mass is 32.2. The van der Waals surface area contributed by atoms with E-state index in [-0.39, 0.29) is 16.3 Å². The van der Waals surface area contributed by atoms with Gasteiger partial charge in [-0.25, -0.2) is 4.39 Å². The minimum absolute atomic E-state index is 0.00840. The Morgan fingerprint density at radius 3 is 2.31 bits per heavy atom. The van der Waals surface area contributed by atoms with Crippen molar-refractivity contribution in [2.24, 2.45) is 0 Å². The number of benzene rings is 1. The van der Waals surface area contributed by atoms with E-state index in [9.17, 15) is 9.18 Å². The smallest absolute Gasteiger partial charge is 0.161 e. The van der Waals surface area contributed by atoms with Gasteiger partial charge in [0, 0.05) is 15.2 Å². The summed E-state index contributed by atoms with van der Waals surface area (Å²) in [5.41, 5.74) is 1.06. The fourth-order valence-electron chi connectivity index (χ4n) is 1.34. The second-order valence-corrected chi connectivity index (χ2v) is 6.74. The van der Waals surface area contributed by atoms with Gasteiger partial charge in [-0.1, -0.05) is 20.8 Å². The third kappa shape index (κ3) is 3.34. The third-order valence-corrected chi connectivity index (χ3v) is 3.23. The minimum Gasteiger partial charge on any atom is -0.294 e. The van der Waals surface area contributed by atoms with E-state index in [0.717, 1.165) is 4.90 Å². The normalized spacial score (nSPS) is 11.6. The molecule has 1 nitrogen and oxygen atoms in total. The average molecular weight is 240 g/mol. The summed E-state index contributed by atoms with van der Waals surface area (Å²) in [4.78, 5) is 12.3. The van der Waals surface area contributed by atoms with Crippen molar-refractivity contribution in [2.45, 2.75) is 44.3 Å². The third-order valence-electron chi connectivity index (χ3n) is 2.06. The molecule has 1 aromatic rings. The van der Waals surface area contributed by atoms with Gasteiger partial charge in [-0.3, -0.25) is 4.79 Å². The molecule has 16 heavy (non-hydrogen) atoms. The molecule has 0 aliphatic carbocycles. The molecule has 0 saturated carbocycles. The van der Waals surface area contributed by atoms with Crippen LogP contribution in [0.2, 0.25) is 0 Å². The molecule has 3 heteroatoms. The summed E-state index contributed by atoms with van der Waals surface area (Å²) in [6, 6.07) is 3.09. The first-order valence-corrected chi connectivity index (χ1v) is 6.02. The Balaban J connectivity index is 3.25. The zero-order valence-electron chi connectivity index (χ0n) is 10.3. The van der Waals surface area contributed by atoms with E-state index in [0.29, 0.717) is 11.1 Å². The van der Waals surface area contributed by atoms with Gasteiger partial charge in [-0.2, -0.15) is 0 Å². The molecule has 0 aliphatic heterocycles. The lowest BCUT2D eigenvalue weighted by Gasteiger charge is -2.19. The molecule has 0 heterocycles. The van der Waals surface area contributed by atoms with E-state index in [1.165, 1.54) is 13.0 Å². The first-order chi connectivity index (χ1) is 7.20. The predicted octanol–water partition coefficient (Wildman–Crippen LogP) is 4.23. The Morgan fingerprint density at radius 2 is 1.88 bits per heavy atom. The highest BCUT2D eigenvalue weighted by Crippen LogP contribution is 2.35. The number of carbonyl (C=O) groups excluding carboxylic acids is 1. The van der Waals surface area contributed by atoms with Gasteiger partial charge in [0.1, 0.15) is 5.82 Å². The molecule has 0 radical (unpaired) electrons. The van der Waals surface area contributed by atoms with Gasteiger partial charge in [0.15, 0.2) is 5.78 Å². The lowest BCUT2D eigenvalue weighted by atomic mass is 10.1. The van der Waals surface area contributed by atoms with Crippen LogP contribution in [0.1, 0.15) is 43.6 Å². The van der Waals surface area contributed by atoms with Gasteiger partial charge in [0.25, 0.3) is 0 Å². The highest BCUT2D eigenvalue weighted by Gasteiger charge is 2.18. The van der Waals surface area contributed by atoms with Crippen LogP contribution in [-0.4, -0.2) is 10.5 Å². The molecule has 0 bridgehead atoms. The number of aryl methyl sites for hydroxylation is 1. The summed E-state index contributed by atoms with van der Waals surface area (Å²) in [7, 11) is 0. The van der Waals surface area contributed by atoms with Crippen molar-refractivity contribution in [3.63, 3.8) is 0 Å². The first-order valence-electron chi connectivity index (χ1n) is 5.21. The maximum atomic E-state index is 13.4. The summed E-state index contributed by atoms with van der Waals surface area (Å²) < 4.78 is 13.4. The molecule has 1 rings (SSSR count). The van der Waals surface area contributed by atoms with E-state index in [4.69, 9.17) is 0 Å². The maximum absolute atomic E-state index is 13.4. The van der Waals surface area contributed by atoms with E-state index < -0.39 is 0 Å². The van der Waals surface area contributed by atoms with Crippen LogP contribution in [0.5, 0.6) is 0 Å². The average Bonchev–Trinajstić information content (AvgIpc) is 2.07. The molecule has 0 fully saturated rings. The van der Waals surface area contributed by atoms with Gasteiger partial charge < -0.3 is 0 Å². The van der Waals surface area contributed by atoms with Crippen LogP contribution in [0.25, 0.3) is 0 Å². The number of halogens is 1. The van der Waals surface area contributed by atoms with Gasteiger partial charge in [0.05, 0.1) is 0 Å². The summed E-state index contributed by atoms with van der Waals surface area (Å²) in [5, 5.41) is 0. The molecular weight excluding hydrogens is 223 g/mol. The van der Waals surface area contributed by atoms with E-state index in [1.54, 1.807) is 24.8 Å². The molecule has 0 saturated heterocycles. The molecule has 0 atom stereocenters. The Bertz CT molecular complexity index is 419. The molecule has 0 spiro atoms. The fourth-order valence-corrected chi connectivity index (χ4v) is 2.55. The van der Waals surface area contributed by atoms with Gasteiger partial charge >= 0.3 is 0 Å². The lowest BCUT2D eigenvalue weighted by Crippen LogP contribution is -2.09. The van der Waals surface area contributed by atoms with Crippen molar-refractivity contribution in [3.8, 4) is 0 Å². The summed E-state index contributed by atoms with van der Waals surface area (Å²) in [6.07, 6.45) is 0. The number of rotatable bonds is 2. The van der Waals surface area contributed by atoms with E-state index >= 15 is 0 Å². The lowest BCUT2D eigenvalue weighted by molar-refractivity contribution is 0.101. The number of thioether (sulfide) groups is 1. The molecular formula is C13H17FOS. The zero-order valence-corrected chi connectivity index (χ0v) is 11.2. The molecule has 0 unspecified atom stereocenters. The van der Waals surface area contributed by atoms with E-state index in [2.05, 4.69) is 20.8 Å². The van der Waals surface area contributed by atoms with Crippen LogP contribution in [0, 0.1) is 12.7 Å². The number of hydrogen-bond donors (Lipinski definition) is 0. The SMILES string of the molecule is CC(=O)c1cc(F)c(C)cc1SC(C)(C)C. The van der Waals surface area contributed by atoms with E-state index in [1.807, 2.05) is 0 Å². The zero-order chi connectivity index (χ0) is 12.5. The molecule has 0 amide bonds. The topological polar surface area (TPSA) is 17.1 Å². The number of Topliss-reactive ketones (excluding diaryl/α,β-unsaturated/α-hetero) is 1. The summed E-state index contributed by atoms with van der Waals surface area (Å²) >= 11 is 1.59. The van der Waals surface area contributed by atoms with Crippen molar-refractivity contribution in [2.75, 3.05) is 0 Å². The summed E-state index contributed by atoms with van der Waals surface area (Å²) in [5.74, 6) is -0.408. The predicted molar refractivity (Wildman–Crippen MR) is 66.8 cm³/mol. The first kappa shape index (κ1) is 13.2. The van der Waals surface area contributed by atoms with Crippen molar-refractivity contribution in [1.29, 1.82) is 0 Å². The maximum Gasteiger partial charge on any atom is 0.161 e. The van der Waals surface area contributed by atoms with Crippen LogP contribution >= 0.6 is 11.8 Å². The van der Waals surface area contributed by atoms with Crippen molar-refractivity contribution in [3.05, 3.63) is 29.1 Å². The van der Waals surface area contributed by atoms with Crippen LogP contribution in [0.3, 0.4) is 0 Å². The Hall–Kier alpha value is -0.830. The summed E-state index contributed by atoms with van der Waals surface area (Å²) in [6.45, 7) is 9.39. The highest BCUT2D eigenvalue weighted by molar-refractivity contribution is 8.00. The monoisotopic (exact) mass is 240 g/mol. The largest absolute Gasteiger partial charge is 0.294 e. The molecule has 88 valence electrons. The Labute approximate surface area is 100 Å². The molecule has 0 aliphatic rings. The van der Waals surface area contributed by atoms with Gasteiger partial charge in [-0.15, -0.1) is 11.8 Å². The van der Waals surface area contributed by atoms with Crippen LogP contribution in [-0.2, 0) is 0 Å². The molecule has 0 N–H and O–H groups in total. The Morgan fingerprint density at radius 1 is 1.31 bits per heavy atom. The second kappa shape index (κ2) is 4.58. The number of carbonyl (C=O) groups is 1. The van der Waals surface area contributed by atoms with Crippen molar-refractivity contribution < 1.29 is 9.18 Å².